The van der Waals surface area contributed by atoms with Gasteiger partial charge in [0.2, 0.25) is 0 Å². The largest absolute Gasteiger partial charge is 0.397 e. The van der Waals surface area contributed by atoms with Gasteiger partial charge in [0.25, 0.3) is 0 Å². The number of hydrogen-bond acceptors (Lipinski definition) is 3. The van der Waals surface area contributed by atoms with E-state index in [0.717, 1.165) is 5.56 Å². The fourth-order valence-electron chi connectivity index (χ4n) is 0.939. The highest BCUT2D eigenvalue weighted by atomic mass is 15.1. The van der Waals surface area contributed by atoms with Crippen molar-refractivity contribution in [2.75, 3.05) is 12.3 Å². The van der Waals surface area contributed by atoms with Crippen LogP contribution in [0.3, 0.4) is 0 Å². The van der Waals surface area contributed by atoms with Crippen LogP contribution in [0.25, 0.3) is 10.4 Å². The van der Waals surface area contributed by atoms with Crippen LogP contribution >= 0.6 is 0 Å². The average Bonchev–Trinajstić information content (AvgIpc) is 2.23. The molecule has 0 aromatic carbocycles. The molecule has 0 spiro atoms. The smallest absolute Gasteiger partial charge is 0.113 e. The van der Waals surface area contributed by atoms with E-state index in [9.17, 15) is 0 Å². The van der Waals surface area contributed by atoms with Gasteiger partial charge in [-0.3, -0.25) is 0 Å². The molecule has 5 heteroatoms. The highest BCUT2D eigenvalue weighted by Crippen LogP contribution is 2.08. The highest BCUT2D eigenvalue weighted by Gasteiger charge is 1.94. The summed E-state index contributed by atoms with van der Waals surface area (Å²) in [4.78, 5) is 6.69. The summed E-state index contributed by atoms with van der Waals surface area (Å²) in [5, 5.41) is 3.37. The van der Waals surface area contributed by atoms with Crippen LogP contribution in [-0.2, 0) is 0 Å². The lowest BCUT2D eigenvalue weighted by atomic mass is 10.2. The van der Waals surface area contributed by atoms with E-state index in [0.29, 0.717) is 24.3 Å². The van der Waals surface area contributed by atoms with Gasteiger partial charge in [0, 0.05) is 17.9 Å². The maximum atomic E-state index is 8.03. The Hall–Kier alpha value is -2.18. The molecule has 0 atom stereocenters. The van der Waals surface area contributed by atoms with Crippen LogP contribution in [0.1, 0.15) is 17.7 Å². The van der Waals surface area contributed by atoms with Crippen molar-refractivity contribution < 1.29 is 0 Å². The van der Waals surface area contributed by atoms with E-state index in [1.165, 1.54) is 0 Å². The number of pyridine rings is 1. The Morgan fingerprint density at radius 1 is 1.67 bits per heavy atom. The molecule has 0 aliphatic heterocycles. The number of nitrogens with two attached hydrogens (primary N) is 1. The fraction of sp³-hybridized carbons (Fsp3) is 0.300. The van der Waals surface area contributed by atoms with Crippen LogP contribution in [0.2, 0.25) is 0 Å². The van der Waals surface area contributed by atoms with Crippen LogP contribution in [-0.4, -0.2) is 11.5 Å². The van der Waals surface area contributed by atoms with Gasteiger partial charge < -0.3 is 5.73 Å². The van der Waals surface area contributed by atoms with Crippen molar-refractivity contribution in [3.8, 4) is 11.8 Å². The highest BCUT2D eigenvalue weighted by molar-refractivity contribution is 5.46. The predicted molar refractivity (Wildman–Crippen MR) is 58.9 cm³/mol. The number of nitrogens with zero attached hydrogens (tertiary/aromatic N) is 4. The molecular weight excluding hydrogens is 190 g/mol. The summed E-state index contributed by atoms with van der Waals surface area (Å²) in [6, 6.07) is 1.83. The molecule has 0 fully saturated rings. The second kappa shape index (κ2) is 5.53. The minimum atomic E-state index is 0.386. The number of aromatic nitrogens is 1. The lowest BCUT2D eigenvalue weighted by molar-refractivity contribution is 1.01. The van der Waals surface area contributed by atoms with E-state index in [1.54, 1.807) is 6.20 Å². The molecule has 5 nitrogen and oxygen atoms in total. The van der Waals surface area contributed by atoms with Crippen LogP contribution in [0.4, 0.5) is 5.69 Å². The number of rotatable bonds is 2. The topological polar surface area (TPSA) is 87.7 Å². The molecule has 1 rings (SSSR count). The van der Waals surface area contributed by atoms with Crippen molar-refractivity contribution in [2.45, 2.75) is 13.3 Å². The summed E-state index contributed by atoms with van der Waals surface area (Å²) in [6.07, 6.45) is 2.13. The van der Waals surface area contributed by atoms with Gasteiger partial charge in [0.05, 0.1) is 11.9 Å². The van der Waals surface area contributed by atoms with Crippen molar-refractivity contribution in [3.05, 3.63) is 34.0 Å². The van der Waals surface area contributed by atoms with Gasteiger partial charge in [-0.1, -0.05) is 11.0 Å². The maximum Gasteiger partial charge on any atom is 0.113 e. The summed E-state index contributed by atoms with van der Waals surface area (Å²) < 4.78 is 0. The molecule has 76 valence electrons. The van der Waals surface area contributed by atoms with Gasteiger partial charge in [0.15, 0.2) is 0 Å². The van der Waals surface area contributed by atoms with E-state index in [4.69, 9.17) is 11.3 Å². The molecule has 2 N–H and O–H groups in total. The van der Waals surface area contributed by atoms with Gasteiger partial charge in [-0.15, -0.1) is 0 Å². The zero-order valence-corrected chi connectivity index (χ0v) is 8.44. The second-order valence-electron chi connectivity index (χ2n) is 2.93. The van der Waals surface area contributed by atoms with Gasteiger partial charge in [-0.05, 0) is 30.0 Å². The summed E-state index contributed by atoms with van der Waals surface area (Å²) in [5.41, 5.74) is 16.0. The molecule has 1 aromatic rings. The zero-order valence-electron chi connectivity index (χ0n) is 8.44. The first-order chi connectivity index (χ1) is 7.24. The Balaban J connectivity index is 2.64. The predicted octanol–water partition coefficient (Wildman–Crippen LogP) is 2.02. The fourth-order valence-corrected chi connectivity index (χ4v) is 0.939. The Bertz CT molecular complexity index is 449. The number of hydrogen-bond donors (Lipinski definition) is 1. The molecule has 0 saturated carbocycles. The van der Waals surface area contributed by atoms with Crippen LogP contribution < -0.4 is 5.73 Å². The molecule has 0 aliphatic carbocycles. The Morgan fingerprint density at radius 2 is 2.47 bits per heavy atom. The third-order valence-electron chi connectivity index (χ3n) is 1.77. The van der Waals surface area contributed by atoms with Gasteiger partial charge >= 0.3 is 0 Å². The quantitative estimate of drug-likeness (QED) is 0.261. The van der Waals surface area contributed by atoms with E-state index < -0.39 is 0 Å². The van der Waals surface area contributed by atoms with E-state index in [-0.39, 0.29) is 0 Å². The lowest BCUT2D eigenvalue weighted by Crippen LogP contribution is -1.92. The van der Waals surface area contributed by atoms with Crippen molar-refractivity contribution >= 4 is 5.69 Å². The average molecular weight is 201 g/mol. The van der Waals surface area contributed by atoms with Gasteiger partial charge in [0.1, 0.15) is 5.69 Å². The molecule has 15 heavy (non-hydrogen) atoms. The number of aryl methyl sites for hydroxylation is 1. The standard InChI is InChI=1S/C10H11N5/c1-8-6-9(13-7-10(8)11)4-2-3-5-14-15-12/h6-7H,3,5,11H2,1H3. The summed E-state index contributed by atoms with van der Waals surface area (Å²) in [7, 11) is 0. The van der Waals surface area contributed by atoms with E-state index in [2.05, 4.69) is 26.9 Å². The number of nitrogen functional groups attached to an aromatic ring is 1. The first-order valence-electron chi connectivity index (χ1n) is 4.46. The van der Waals surface area contributed by atoms with Crippen molar-refractivity contribution in [2.24, 2.45) is 5.11 Å². The number of azide groups is 1. The normalized spacial score (nSPS) is 8.60. The zero-order chi connectivity index (χ0) is 11.1. The Morgan fingerprint density at radius 3 is 3.13 bits per heavy atom. The second-order valence-corrected chi connectivity index (χ2v) is 2.93. The van der Waals surface area contributed by atoms with Gasteiger partial charge in [-0.25, -0.2) is 4.98 Å². The minimum absolute atomic E-state index is 0.386. The molecule has 0 bridgehead atoms. The maximum absolute atomic E-state index is 8.03. The van der Waals surface area contributed by atoms with Crippen LogP contribution in [0, 0.1) is 18.8 Å². The summed E-state index contributed by atoms with van der Waals surface area (Å²) >= 11 is 0. The molecule has 0 radical (unpaired) electrons. The van der Waals surface area contributed by atoms with Crippen LogP contribution in [0.5, 0.6) is 0 Å². The first kappa shape index (κ1) is 10.9. The molecule has 1 aromatic heterocycles. The number of anilines is 1. The monoisotopic (exact) mass is 201 g/mol. The van der Waals surface area contributed by atoms with E-state index >= 15 is 0 Å². The Labute approximate surface area is 87.9 Å². The third kappa shape index (κ3) is 3.59. The van der Waals surface area contributed by atoms with Gasteiger partial charge in [-0.2, -0.15) is 0 Å². The van der Waals surface area contributed by atoms with Crippen molar-refractivity contribution in [3.63, 3.8) is 0 Å². The molecule has 0 amide bonds. The SMILES string of the molecule is Cc1cc(C#CCCN=[N+]=[N-])ncc1N. The molecule has 0 saturated heterocycles. The molecule has 1 heterocycles. The van der Waals surface area contributed by atoms with Crippen molar-refractivity contribution in [1.29, 1.82) is 0 Å². The Kier molecular flexibility index (Phi) is 4.02. The summed E-state index contributed by atoms with van der Waals surface area (Å²) in [5.74, 6) is 5.74. The summed E-state index contributed by atoms with van der Waals surface area (Å²) in [6.45, 7) is 2.29. The molecule has 0 aliphatic rings. The minimum Gasteiger partial charge on any atom is -0.397 e. The lowest BCUT2D eigenvalue weighted by Gasteiger charge is -1.97. The molecule has 0 unspecified atom stereocenters. The van der Waals surface area contributed by atoms with E-state index in [1.807, 2.05) is 13.0 Å². The van der Waals surface area contributed by atoms with Crippen LogP contribution in [0.15, 0.2) is 17.4 Å². The molecular formula is C10H11N5. The third-order valence-corrected chi connectivity index (χ3v) is 1.77. The first-order valence-corrected chi connectivity index (χ1v) is 4.46. The van der Waals surface area contributed by atoms with Crippen molar-refractivity contribution in [1.82, 2.24) is 4.98 Å².